The first-order valence-corrected chi connectivity index (χ1v) is 5.80. The molecule has 1 aromatic rings. The van der Waals surface area contributed by atoms with Crippen LogP contribution in [0.4, 0.5) is 5.69 Å². The molecule has 6 heteroatoms. The molecule has 5 nitrogen and oxygen atoms in total. The Morgan fingerprint density at radius 2 is 2.38 bits per heavy atom. The number of hydrogen-bond acceptors (Lipinski definition) is 5. The van der Waals surface area contributed by atoms with E-state index in [-0.39, 0.29) is 0 Å². The fraction of sp³-hybridized carbons (Fsp3) is 0.400. The lowest BCUT2D eigenvalue weighted by atomic mass is 10.2. The van der Waals surface area contributed by atoms with E-state index in [9.17, 15) is 4.79 Å². The summed E-state index contributed by atoms with van der Waals surface area (Å²) in [5.41, 5.74) is 11.4. The van der Waals surface area contributed by atoms with Gasteiger partial charge in [0.05, 0.1) is 22.5 Å². The molecule has 0 bridgehead atoms. The van der Waals surface area contributed by atoms with E-state index in [1.807, 2.05) is 0 Å². The van der Waals surface area contributed by atoms with Crippen LogP contribution < -0.4 is 11.5 Å². The number of nitrogens with two attached hydrogens (primary N) is 2. The first-order chi connectivity index (χ1) is 7.65. The summed E-state index contributed by atoms with van der Waals surface area (Å²) in [7, 11) is 1.66. The monoisotopic (exact) mass is 241 g/mol. The van der Waals surface area contributed by atoms with Gasteiger partial charge in [0.15, 0.2) is 0 Å². The number of hydrogen-bond donors (Lipinski definition) is 2. The number of thioether (sulfide) groups is 1. The predicted octanol–water partition coefficient (Wildman–Crippen LogP) is 0.891. The van der Waals surface area contributed by atoms with Gasteiger partial charge < -0.3 is 16.2 Å². The van der Waals surface area contributed by atoms with E-state index in [1.54, 1.807) is 24.9 Å². The summed E-state index contributed by atoms with van der Waals surface area (Å²) in [4.78, 5) is 15.1. The Morgan fingerprint density at radius 3 is 3.00 bits per heavy atom. The first kappa shape index (κ1) is 12.8. The van der Waals surface area contributed by atoms with Gasteiger partial charge in [0, 0.05) is 19.5 Å². The van der Waals surface area contributed by atoms with Crippen LogP contribution in [0.25, 0.3) is 0 Å². The molecule has 0 saturated heterocycles. The molecule has 0 radical (unpaired) electrons. The molecule has 1 rings (SSSR count). The molecule has 1 aromatic heterocycles. The number of amides is 1. The van der Waals surface area contributed by atoms with Gasteiger partial charge in [-0.1, -0.05) is 0 Å². The zero-order valence-electron chi connectivity index (χ0n) is 9.10. The Bertz CT molecular complexity index is 371. The van der Waals surface area contributed by atoms with Gasteiger partial charge in [0.1, 0.15) is 0 Å². The number of ether oxygens (including phenoxy) is 1. The molecular weight excluding hydrogens is 226 g/mol. The van der Waals surface area contributed by atoms with Crippen molar-refractivity contribution >= 4 is 23.4 Å². The van der Waals surface area contributed by atoms with Gasteiger partial charge in [-0.05, 0) is 12.5 Å². The Hall–Kier alpha value is -1.27. The molecule has 0 fully saturated rings. The minimum absolute atomic E-state index is 0.314. The van der Waals surface area contributed by atoms with Gasteiger partial charge in [0.2, 0.25) is 0 Å². The minimum Gasteiger partial charge on any atom is -0.397 e. The van der Waals surface area contributed by atoms with Crippen LogP contribution in [0.1, 0.15) is 16.8 Å². The number of carbonyl (C=O) groups is 1. The number of rotatable bonds is 6. The number of pyridine rings is 1. The van der Waals surface area contributed by atoms with Crippen LogP contribution >= 0.6 is 11.8 Å². The van der Waals surface area contributed by atoms with Crippen molar-refractivity contribution in [1.29, 1.82) is 0 Å². The molecule has 0 unspecified atom stereocenters. The van der Waals surface area contributed by atoms with Crippen molar-refractivity contribution in [2.45, 2.75) is 11.4 Å². The Labute approximate surface area is 98.6 Å². The second kappa shape index (κ2) is 6.34. The molecule has 0 aliphatic rings. The van der Waals surface area contributed by atoms with Gasteiger partial charge in [0.25, 0.3) is 5.91 Å². The summed E-state index contributed by atoms with van der Waals surface area (Å²) in [6.45, 7) is 0.713. The second-order valence-electron chi connectivity index (χ2n) is 3.17. The average Bonchev–Trinajstić information content (AvgIpc) is 2.26. The fourth-order valence-electron chi connectivity index (χ4n) is 1.12. The third-order valence-electron chi connectivity index (χ3n) is 1.92. The topological polar surface area (TPSA) is 91.2 Å². The molecular formula is C10H15N3O2S. The number of nitrogens with zero attached hydrogens (tertiary/aromatic N) is 1. The highest BCUT2D eigenvalue weighted by Crippen LogP contribution is 2.20. The lowest BCUT2D eigenvalue weighted by Crippen LogP contribution is -2.14. The maximum absolute atomic E-state index is 11.0. The van der Waals surface area contributed by atoms with Crippen LogP contribution in [0.15, 0.2) is 17.3 Å². The van der Waals surface area contributed by atoms with Gasteiger partial charge in [-0.25, -0.2) is 4.98 Å². The Balaban J connectivity index is 2.61. The number of methoxy groups -OCH3 is 1. The third kappa shape index (κ3) is 3.71. The van der Waals surface area contributed by atoms with Gasteiger partial charge in [-0.3, -0.25) is 4.79 Å². The minimum atomic E-state index is -0.529. The quantitative estimate of drug-likeness (QED) is 0.570. The Kier molecular flexibility index (Phi) is 5.07. The largest absolute Gasteiger partial charge is 0.397 e. The highest BCUT2D eigenvalue weighted by atomic mass is 32.2. The molecule has 16 heavy (non-hydrogen) atoms. The summed E-state index contributed by atoms with van der Waals surface area (Å²) >= 11 is 1.55. The smallest absolute Gasteiger partial charge is 0.250 e. The summed E-state index contributed by atoms with van der Waals surface area (Å²) < 4.78 is 4.93. The Morgan fingerprint density at radius 1 is 1.62 bits per heavy atom. The van der Waals surface area contributed by atoms with Crippen molar-refractivity contribution in [3.8, 4) is 0 Å². The van der Waals surface area contributed by atoms with Gasteiger partial charge in [-0.15, -0.1) is 11.8 Å². The van der Waals surface area contributed by atoms with E-state index in [0.29, 0.717) is 17.9 Å². The molecule has 0 aromatic carbocycles. The van der Waals surface area contributed by atoms with Crippen molar-refractivity contribution in [3.05, 3.63) is 17.8 Å². The molecule has 0 spiro atoms. The molecule has 88 valence electrons. The number of aromatic nitrogens is 1. The number of primary amides is 1. The normalized spacial score (nSPS) is 10.3. The zero-order valence-corrected chi connectivity index (χ0v) is 9.92. The molecule has 4 N–H and O–H groups in total. The van der Waals surface area contributed by atoms with Crippen LogP contribution in [-0.4, -0.2) is 30.4 Å². The van der Waals surface area contributed by atoms with Crippen molar-refractivity contribution in [1.82, 2.24) is 4.98 Å². The molecule has 0 aliphatic heterocycles. The third-order valence-corrected chi connectivity index (χ3v) is 2.93. The van der Waals surface area contributed by atoms with Crippen molar-refractivity contribution in [3.63, 3.8) is 0 Å². The zero-order chi connectivity index (χ0) is 12.0. The number of carbonyl (C=O) groups excluding carboxylic acids is 1. The summed E-state index contributed by atoms with van der Waals surface area (Å²) in [6, 6.07) is 1.62. The maximum atomic E-state index is 11.0. The molecule has 1 heterocycles. The number of nitrogen functional groups attached to an aromatic ring is 1. The summed E-state index contributed by atoms with van der Waals surface area (Å²) in [5, 5.41) is 0.749. The van der Waals surface area contributed by atoms with Gasteiger partial charge in [-0.2, -0.15) is 0 Å². The summed E-state index contributed by atoms with van der Waals surface area (Å²) in [6.07, 6.45) is 2.39. The molecule has 1 amide bonds. The second-order valence-corrected chi connectivity index (χ2v) is 4.28. The van der Waals surface area contributed by atoms with E-state index in [4.69, 9.17) is 16.2 Å². The average molecular weight is 241 g/mol. The van der Waals surface area contributed by atoms with Crippen LogP contribution in [0, 0.1) is 0 Å². The highest BCUT2D eigenvalue weighted by molar-refractivity contribution is 7.99. The number of anilines is 1. The van der Waals surface area contributed by atoms with Crippen molar-refractivity contribution in [2.75, 3.05) is 25.2 Å². The lowest BCUT2D eigenvalue weighted by molar-refractivity contribution is 0.100. The van der Waals surface area contributed by atoms with E-state index < -0.39 is 5.91 Å². The van der Waals surface area contributed by atoms with Crippen LogP contribution in [0.5, 0.6) is 0 Å². The highest BCUT2D eigenvalue weighted by Gasteiger charge is 2.07. The van der Waals surface area contributed by atoms with E-state index in [0.717, 1.165) is 17.2 Å². The van der Waals surface area contributed by atoms with E-state index in [1.165, 1.54) is 6.20 Å². The fourth-order valence-corrected chi connectivity index (χ4v) is 1.92. The van der Waals surface area contributed by atoms with E-state index in [2.05, 4.69) is 4.98 Å². The first-order valence-electron chi connectivity index (χ1n) is 4.82. The van der Waals surface area contributed by atoms with Gasteiger partial charge >= 0.3 is 0 Å². The van der Waals surface area contributed by atoms with Crippen LogP contribution in [0.3, 0.4) is 0 Å². The van der Waals surface area contributed by atoms with Crippen molar-refractivity contribution < 1.29 is 9.53 Å². The molecule has 0 aliphatic carbocycles. The maximum Gasteiger partial charge on any atom is 0.250 e. The molecule has 0 saturated carbocycles. The van der Waals surface area contributed by atoms with Crippen LogP contribution in [0.2, 0.25) is 0 Å². The lowest BCUT2D eigenvalue weighted by Gasteiger charge is -2.04. The van der Waals surface area contributed by atoms with E-state index >= 15 is 0 Å². The SMILES string of the molecule is COCCCSc1cc(C(N)=O)c(N)cn1. The molecule has 0 atom stereocenters. The standard InChI is InChI=1S/C10H15N3O2S/c1-15-3-2-4-16-9-5-7(10(12)14)8(11)6-13-9/h5-6H,2-4,11H2,1H3,(H2,12,14). The van der Waals surface area contributed by atoms with Crippen molar-refractivity contribution in [2.24, 2.45) is 5.73 Å². The predicted molar refractivity (Wildman–Crippen MR) is 64.4 cm³/mol. The van der Waals surface area contributed by atoms with Crippen LogP contribution in [-0.2, 0) is 4.74 Å². The summed E-state index contributed by atoms with van der Waals surface area (Å²) in [5.74, 6) is 0.349.